The van der Waals surface area contributed by atoms with Gasteiger partial charge in [-0.2, -0.15) is 0 Å². The molecule has 1 aliphatic heterocycles. The number of ether oxygens (including phenoxy) is 2. The molecule has 4 amide bonds. The molecule has 1 aliphatic rings. The Bertz CT molecular complexity index is 1270. The van der Waals surface area contributed by atoms with E-state index < -0.39 is 17.8 Å². The average molecular weight is 535 g/mol. The number of rotatable bonds is 8. The first-order valence-electron chi connectivity index (χ1n) is 11.1. The molecule has 1 saturated heterocycles. The van der Waals surface area contributed by atoms with Gasteiger partial charge in [0.1, 0.15) is 23.7 Å². The summed E-state index contributed by atoms with van der Waals surface area (Å²) < 4.78 is 12.3. The first-order valence-corrected chi connectivity index (χ1v) is 11.9. The summed E-state index contributed by atoms with van der Waals surface area (Å²) in [5.74, 6) is -0.164. The van der Waals surface area contributed by atoms with E-state index in [9.17, 15) is 14.4 Å². The number of imide groups is 2. The second-order valence-electron chi connectivity index (χ2n) is 7.75. The van der Waals surface area contributed by atoms with Crippen molar-refractivity contribution in [3.8, 4) is 11.5 Å². The van der Waals surface area contributed by atoms with Crippen molar-refractivity contribution in [3.63, 3.8) is 0 Å². The highest BCUT2D eigenvalue weighted by molar-refractivity contribution is 9.10. The molecule has 0 spiro atoms. The maximum atomic E-state index is 13.1. The fourth-order valence-corrected chi connectivity index (χ4v) is 3.81. The van der Waals surface area contributed by atoms with Crippen LogP contribution in [0.4, 0.5) is 10.5 Å². The van der Waals surface area contributed by atoms with E-state index in [4.69, 9.17) is 9.47 Å². The van der Waals surface area contributed by atoms with E-state index in [0.717, 1.165) is 21.4 Å². The predicted octanol–water partition coefficient (Wildman–Crippen LogP) is 5.48. The van der Waals surface area contributed by atoms with E-state index in [1.165, 1.54) is 6.08 Å². The summed E-state index contributed by atoms with van der Waals surface area (Å²) >= 11 is 3.50. The molecular weight excluding hydrogens is 512 g/mol. The molecule has 8 heteroatoms. The third kappa shape index (κ3) is 5.78. The van der Waals surface area contributed by atoms with Crippen molar-refractivity contribution in [1.29, 1.82) is 0 Å². The zero-order valence-electron chi connectivity index (χ0n) is 19.0. The van der Waals surface area contributed by atoms with Crippen LogP contribution in [0.25, 0.3) is 6.08 Å². The predicted molar refractivity (Wildman–Crippen MR) is 136 cm³/mol. The average Bonchev–Trinajstić information content (AvgIpc) is 2.86. The van der Waals surface area contributed by atoms with Crippen LogP contribution in [-0.4, -0.2) is 24.5 Å². The third-order valence-corrected chi connectivity index (χ3v) is 5.99. The summed E-state index contributed by atoms with van der Waals surface area (Å²) in [5.41, 5.74) is 1.83. The monoisotopic (exact) mass is 534 g/mol. The largest absolute Gasteiger partial charge is 0.494 e. The van der Waals surface area contributed by atoms with Gasteiger partial charge in [0.15, 0.2) is 0 Å². The number of hydrogen-bond donors (Lipinski definition) is 1. The highest BCUT2D eigenvalue weighted by Crippen LogP contribution is 2.25. The Morgan fingerprint density at radius 3 is 2.23 bits per heavy atom. The molecule has 0 radical (unpaired) electrons. The van der Waals surface area contributed by atoms with Gasteiger partial charge in [-0.1, -0.05) is 53.2 Å². The van der Waals surface area contributed by atoms with Crippen molar-refractivity contribution in [3.05, 3.63) is 94.0 Å². The van der Waals surface area contributed by atoms with E-state index in [1.807, 2.05) is 31.2 Å². The van der Waals surface area contributed by atoms with E-state index in [-0.39, 0.29) is 5.57 Å². The number of carbonyl (C=O) groups is 3. The van der Waals surface area contributed by atoms with Gasteiger partial charge in [0.25, 0.3) is 11.8 Å². The number of nitrogens with one attached hydrogen (secondary N) is 1. The van der Waals surface area contributed by atoms with Crippen LogP contribution in [0.1, 0.15) is 24.5 Å². The molecule has 0 atom stereocenters. The smallest absolute Gasteiger partial charge is 0.335 e. The van der Waals surface area contributed by atoms with Crippen LogP contribution in [-0.2, 0) is 16.2 Å². The summed E-state index contributed by atoms with van der Waals surface area (Å²) in [4.78, 5) is 38.9. The van der Waals surface area contributed by atoms with Crippen molar-refractivity contribution in [2.24, 2.45) is 0 Å². The second-order valence-corrected chi connectivity index (χ2v) is 8.60. The SMILES string of the molecule is CCCOc1ccc(N2C(=O)NC(=O)/C(=C/c3ccc(OCc4ccccc4Br)cc3)C2=O)cc1. The zero-order chi connectivity index (χ0) is 24.8. The van der Waals surface area contributed by atoms with Crippen molar-refractivity contribution in [2.75, 3.05) is 11.5 Å². The molecule has 3 aromatic carbocycles. The van der Waals surface area contributed by atoms with E-state index in [1.54, 1.807) is 48.5 Å². The molecular formula is C27H23BrN2O5. The van der Waals surface area contributed by atoms with E-state index >= 15 is 0 Å². The molecule has 0 unspecified atom stereocenters. The molecule has 0 aromatic heterocycles. The Hall–Kier alpha value is -3.91. The molecule has 35 heavy (non-hydrogen) atoms. The van der Waals surface area contributed by atoms with E-state index in [0.29, 0.717) is 36.0 Å². The molecule has 7 nitrogen and oxygen atoms in total. The first kappa shape index (κ1) is 24.2. The van der Waals surface area contributed by atoms with Crippen molar-refractivity contribution < 1.29 is 23.9 Å². The number of urea groups is 1. The number of barbiturate groups is 1. The van der Waals surface area contributed by atoms with Crippen LogP contribution in [0.3, 0.4) is 0 Å². The number of nitrogens with zero attached hydrogens (tertiary/aromatic N) is 1. The minimum atomic E-state index is -0.796. The lowest BCUT2D eigenvalue weighted by molar-refractivity contribution is -0.122. The van der Waals surface area contributed by atoms with E-state index in [2.05, 4.69) is 21.2 Å². The van der Waals surface area contributed by atoms with Gasteiger partial charge >= 0.3 is 6.03 Å². The molecule has 0 bridgehead atoms. The van der Waals surface area contributed by atoms with Crippen LogP contribution in [0.2, 0.25) is 0 Å². The Balaban J connectivity index is 1.49. The maximum absolute atomic E-state index is 13.1. The summed E-state index contributed by atoms with van der Waals surface area (Å²) in [6.07, 6.45) is 2.32. The quantitative estimate of drug-likeness (QED) is 0.305. The lowest BCUT2D eigenvalue weighted by atomic mass is 10.1. The Labute approximate surface area is 211 Å². The molecule has 3 aromatic rings. The summed E-state index contributed by atoms with van der Waals surface area (Å²) in [6, 6.07) is 20.5. The maximum Gasteiger partial charge on any atom is 0.335 e. The minimum absolute atomic E-state index is 0.141. The molecule has 0 saturated carbocycles. The van der Waals surface area contributed by atoms with Crippen LogP contribution in [0.15, 0.2) is 82.8 Å². The standard InChI is InChI=1S/C27H23BrN2O5/c1-2-15-34-21-13-9-20(10-14-21)30-26(32)23(25(31)29-27(30)33)16-18-7-11-22(12-8-18)35-17-19-5-3-4-6-24(19)28/h3-14,16H,2,15,17H2,1H3,(H,29,31,33)/b23-16-. The summed E-state index contributed by atoms with van der Waals surface area (Å²) in [6.45, 7) is 2.96. The minimum Gasteiger partial charge on any atom is -0.494 e. The normalized spacial score (nSPS) is 14.7. The van der Waals surface area contributed by atoms with Gasteiger partial charge in [-0.3, -0.25) is 14.9 Å². The Morgan fingerprint density at radius 1 is 0.886 bits per heavy atom. The summed E-state index contributed by atoms with van der Waals surface area (Å²) in [5, 5.41) is 2.23. The molecule has 1 heterocycles. The first-order chi connectivity index (χ1) is 17.0. The number of benzene rings is 3. The number of carbonyl (C=O) groups excluding carboxylic acids is 3. The topological polar surface area (TPSA) is 84.9 Å². The molecule has 1 N–H and O–H groups in total. The van der Waals surface area contributed by atoms with Gasteiger partial charge in [0.05, 0.1) is 12.3 Å². The zero-order valence-corrected chi connectivity index (χ0v) is 20.6. The number of hydrogen-bond acceptors (Lipinski definition) is 5. The van der Waals surface area contributed by atoms with Gasteiger partial charge in [-0.15, -0.1) is 0 Å². The van der Waals surface area contributed by atoms with Gasteiger partial charge < -0.3 is 9.47 Å². The number of amides is 4. The summed E-state index contributed by atoms with van der Waals surface area (Å²) in [7, 11) is 0. The van der Waals surface area contributed by atoms with Crippen molar-refractivity contribution in [1.82, 2.24) is 5.32 Å². The Morgan fingerprint density at radius 2 is 1.54 bits per heavy atom. The van der Waals surface area contributed by atoms with Crippen LogP contribution in [0.5, 0.6) is 11.5 Å². The highest BCUT2D eigenvalue weighted by atomic mass is 79.9. The van der Waals surface area contributed by atoms with Crippen LogP contribution < -0.4 is 19.7 Å². The fraction of sp³-hybridized carbons (Fsp3) is 0.148. The molecule has 0 aliphatic carbocycles. The van der Waals surface area contributed by atoms with Crippen molar-refractivity contribution in [2.45, 2.75) is 20.0 Å². The molecule has 1 fully saturated rings. The van der Waals surface area contributed by atoms with Gasteiger partial charge in [0.2, 0.25) is 0 Å². The molecule has 178 valence electrons. The van der Waals surface area contributed by atoms with Gasteiger partial charge in [-0.25, -0.2) is 9.69 Å². The van der Waals surface area contributed by atoms with Gasteiger partial charge in [-0.05, 0) is 60.5 Å². The number of halogens is 1. The second kappa shape index (κ2) is 11.0. The highest BCUT2D eigenvalue weighted by Gasteiger charge is 2.36. The molecule has 4 rings (SSSR count). The van der Waals surface area contributed by atoms with Crippen LogP contribution in [0, 0.1) is 0 Å². The van der Waals surface area contributed by atoms with Crippen LogP contribution >= 0.6 is 15.9 Å². The third-order valence-electron chi connectivity index (χ3n) is 5.21. The van der Waals surface area contributed by atoms with Gasteiger partial charge in [0, 0.05) is 10.0 Å². The van der Waals surface area contributed by atoms with Crippen molar-refractivity contribution >= 4 is 45.5 Å². The lowest BCUT2D eigenvalue weighted by Crippen LogP contribution is -2.54. The lowest BCUT2D eigenvalue weighted by Gasteiger charge is -2.26. The number of anilines is 1. The Kier molecular flexibility index (Phi) is 7.62. The fourth-order valence-electron chi connectivity index (χ4n) is 3.41.